The Morgan fingerprint density at radius 1 is 1.33 bits per heavy atom. The summed E-state index contributed by atoms with van der Waals surface area (Å²) < 4.78 is 0. The fourth-order valence-corrected chi connectivity index (χ4v) is 3.12. The predicted octanol–water partition coefficient (Wildman–Crippen LogP) is 4.06. The summed E-state index contributed by atoms with van der Waals surface area (Å²) in [6, 6.07) is 10.5. The molecule has 0 saturated heterocycles. The van der Waals surface area contributed by atoms with Gasteiger partial charge in [-0.15, -0.1) is 0 Å². The number of nitrogens with one attached hydrogen (secondary N) is 1. The molecule has 1 atom stereocenters. The van der Waals surface area contributed by atoms with Crippen LogP contribution in [0.25, 0.3) is 10.9 Å². The summed E-state index contributed by atoms with van der Waals surface area (Å²) in [5.41, 5.74) is 2.28. The van der Waals surface area contributed by atoms with E-state index in [4.69, 9.17) is 10.1 Å². The molecule has 0 amide bonds. The van der Waals surface area contributed by atoms with Crippen LogP contribution in [0.5, 0.6) is 0 Å². The zero-order valence-corrected chi connectivity index (χ0v) is 13.6. The maximum absolute atomic E-state index is 9.01. The van der Waals surface area contributed by atoms with E-state index in [2.05, 4.69) is 43.4 Å². The third kappa shape index (κ3) is 4.61. The number of fused-ring (bicyclic) bond motifs is 1. The lowest BCUT2D eigenvalue weighted by Gasteiger charge is -2.14. The molecule has 2 rings (SSSR count). The first-order valence-corrected chi connectivity index (χ1v) is 8.64. The van der Waals surface area contributed by atoms with Crippen LogP contribution in [0, 0.1) is 0 Å². The van der Waals surface area contributed by atoms with Gasteiger partial charge in [-0.1, -0.05) is 32.0 Å². The number of aliphatic hydroxyl groups is 1. The molecule has 1 heterocycles. The van der Waals surface area contributed by atoms with Crippen molar-refractivity contribution in [3.8, 4) is 0 Å². The Bertz CT molecular complexity index is 574. The Labute approximate surface area is 131 Å². The van der Waals surface area contributed by atoms with Gasteiger partial charge in [0.25, 0.3) is 0 Å². The Hall–Kier alpha value is -1.26. The van der Waals surface area contributed by atoms with Crippen molar-refractivity contribution in [2.45, 2.75) is 37.7 Å². The molecule has 0 saturated carbocycles. The van der Waals surface area contributed by atoms with Gasteiger partial charge < -0.3 is 10.4 Å². The van der Waals surface area contributed by atoms with E-state index in [1.165, 1.54) is 10.9 Å². The fourth-order valence-electron chi connectivity index (χ4n) is 2.16. The molecule has 4 heteroatoms. The number of nitrogens with zero attached hydrogens (tertiary/aromatic N) is 1. The van der Waals surface area contributed by atoms with E-state index in [-0.39, 0.29) is 6.61 Å². The molecule has 0 fully saturated rings. The largest absolute Gasteiger partial charge is 0.396 e. The molecule has 0 bridgehead atoms. The van der Waals surface area contributed by atoms with Crippen molar-refractivity contribution in [3.63, 3.8) is 0 Å². The van der Waals surface area contributed by atoms with Gasteiger partial charge in [-0.25, -0.2) is 4.98 Å². The maximum Gasteiger partial charge on any atom is 0.130 e. The molecule has 1 aromatic heterocycles. The first kappa shape index (κ1) is 16.1. The standard InChI is InChI=1S/C17H24N2OS/c1-3-9-18-17-15(12-21-13(2)8-10-20)11-14-6-4-5-7-16(14)19-17/h4-7,11,13,20H,3,8-10,12H2,1-2H3,(H,18,19). The molecule has 3 nitrogen and oxygen atoms in total. The van der Waals surface area contributed by atoms with Crippen LogP contribution in [-0.2, 0) is 5.75 Å². The second-order valence-corrected chi connectivity index (χ2v) is 6.68. The van der Waals surface area contributed by atoms with Crippen LogP contribution in [0.2, 0.25) is 0 Å². The number of hydrogen-bond donors (Lipinski definition) is 2. The van der Waals surface area contributed by atoms with Gasteiger partial charge in [0.1, 0.15) is 5.82 Å². The van der Waals surface area contributed by atoms with E-state index in [1.54, 1.807) is 0 Å². The molecule has 114 valence electrons. The number of aliphatic hydroxyl groups excluding tert-OH is 1. The van der Waals surface area contributed by atoms with Gasteiger partial charge in [-0.3, -0.25) is 0 Å². The van der Waals surface area contributed by atoms with Crippen molar-refractivity contribution < 1.29 is 5.11 Å². The van der Waals surface area contributed by atoms with Crippen molar-refractivity contribution in [3.05, 3.63) is 35.9 Å². The molecule has 2 N–H and O–H groups in total. The zero-order valence-electron chi connectivity index (χ0n) is 12.8. The zero-order chi connectivity index (χ0) is 15.1. The fraction of sp³-hybridized carbons (Fsp3) is 0.471. The third-order valence-corrected chi connectivity index (χ3v) is 4.69. The molecule has 21 heavy (non-hydrogen) atoms. The normalized spacial score (nSPS) is 12.5. The van der Waals surface area contributed by atoms with E-state index < -0.39 is 0 Å². The summed E-state index contributed by atoms with van der Waals surface area (Å²) in [6.07, 6.45) is 1.92. The molecule has 2 aromatic rings. The second kappa shape index (κ2) is 8.25. The monoisotopic (exact) mass is 304 g/mol. The number of para-hydroxylation sites is 1. The number of pyridine rings is 1. The summed E-state index contributed by atoms with van der Waals surface area (Å²) in [4.78, 5) is 4.76. The minimum atomic E-state index is 0.255. The highest BCUT2D eigenvalue weighted by Gasteiger charge is 2.09. The summed E-state index contributed by atoms with van der Waals surface area (Å²) in [6.45, 7) is 5.51. The van der Waals surface area contributed by atoms with E-state index in [0.717, 1.165) is 36.5 Å². The lowest BCUT2D eigenvalue weighted by Crippen LogP contribution is -2.06. The summed E-state index contributed by atoms with van der Waals surface area (Å²) in [7, 11) is 0. The Kier molecular flexibility index (Phi) is 6.33. The number of benzene rings is 1. The maximum atomic E-state index is 9.01. The Balaban J connectivity index is 2.21. The van der Waals surface area contributed by atoms with E-state index in [9.17, 15) is 0 Å². The highest BCUT2D eigenvalue weighted by molar-refractivity contribution is 7.99. The summed E-state index contributed by atoms with van der Waals surface area (Å²) >= 11 is 1.87. The molecule has 0 aliphatic rings. The number of aromatic nitrogens is 1. The van der Waals surface area contributed by atoms with Crippen LogP contribution in [0.15, 0.2) is 30.3 Å². The minimum Gasteiger partial charge on any atom is -0.396 e. The van der Waals surface area contributed by atoms with E-state index >= 15 is 0 Å². The molecule has 0 spiro atoms. The smallest absolute Gasteiger partial charge is 0.130 e. The van der Waals surface area contributed by atoms with Crippen LogP contribution in [0.1, 0.15) is 32.3 Å². The van der Waals surface area contributed by atoms with Gasteiger partial charge in [0, 0.05) is 35.1 Å². The van der Waals surface area contributed by atoms with Crippen molar-refractivity contribution in [1.29, 1.82) is 0 Å². The number of rotatable bonds is 8. The highest BCUT2D eigenvalue weighted by Crippen LogP contribution is 2.27. The van der Waals surface area contributed by atoms with Crippen molar-refractivity contribution >= 4 is 28.5 Å². The van der Waals surface area contributed by atoms with Gasteiger partial charge in [0.2, 0.25) is 0 Å². The predicted molar refractivity (Wildman–Crippen MR) is 93.0 cm³/mol. The van der Waals surface area contributed by atoms with Crippen molar-refractivity contribution in [1.82, 2.24) is 4.98 Å². The lowest BCUT2D eigenvalue weighted by molar-refractivity contribution is 0.289. The summed E-state index contributed by atoms with van der Waals surface area (Å²) in [5, 5.41) is 14.1. The number of hydrogen-bond acceptors (Lipinski definition) is 4. The Morgan fingerprint density at radius 3 is 2.90 bits per heavy atom. The topological polar surface area (TPSA) is 45.2 Å². The molecular formula is C17H24N2OS. The first-order valence-electron chi connectivity index (χ1n) is 7.59. The number of thioether (sulfide) groups is 1. The molecule has 0 radical (unpaired) electrons. The first-order chi connectivity index (χ1) is 10.2. The average Bonchev–Trinajstić information content (AvgIpc) is 2.50. The van der Waals surface area contributed by atoms with E-state index in [1.807, 2.05) is 17.8 Å². The average molecular weight is 304 g/mol. The molecular weight excluding hydrogens is 280 g/mol. The summed E-state index contributed by atoms with van der Waals surface area (Å²) in [5.74, 6) is 1.92. The van der Waals surface area contributed by atoms with Gasteiger partial charge in [0.05, 0.1) is 5.52 Å². The van der Waals surface area contributed by atoms with Crippen LogP contribution in [0.3, 0.4) is 0 Å². The van der Waals surface area contributed by atoms with Gasteiger partial charge in [0.15, 0.2) is 0 Å². The van der Waals surface area contributed by atoms with Crippen LogP contribution >= 0.6 is 11.8 Å². The molecule has 0 aliphatic heterocycles. The quantitative estimate of drug-likeness (QED) is 0.772. The Morgan fingerprint density at radius 2 is 2.14 bits per heavy atom. The second-order valence-electron chi connectivity index (χ2n) is 5.25. The molecule has 1 unspecified atom stereocenters. The molecule has 1 aromatic carbocycles. The van der Waals surface area contributed by atoms with Crippen molar-refractivity contribution in [2.24, 2.45) is 0 Å². The SMILES string of the molecule is CCCNc1nc2ccccc2cc1CSC(C)CCO. The minimum absolute atomic E-state index is 0.255. The third-order valence-electron chi connectivity index (χ3n) is 3.40. The van der Waals surface area contributed by atoms with Crippen LogP contribution in [0.4, 0.5) is 5.82 Å². The highest BCUT2D eigenvalue weighted by atomic mass is 32.2. The van der Waals surface area contributed by atoms with Gasteiger partial charge in [-0.05, 0) is 25.0 Å². The van der Waals surface area contributed by atoms with Gasteiger partial charge in [-0.2, -0.15) is 11.8 Å². The molecule has 0 aliphatic carbocycles. The van der Waals surface area contributed by atoms with E-state index in [0.29, 0.717) is 5.25 Å². The van der Waals surface area contributed by atoms with Crippen LogP contribution < -0.4 is 5.32 Å². The lowest BCUT2D eigenvalue weighted by atomic mass is 10.1. The van der Waals surface area contributed by atoms with Crippen LogP contribution in [-0.4, -0.2) is 28.5 Å². The van der Waals surface area contributed by atoms with Gasteiger partial charge >= 0.3 is 0 Å². The van der Waals surface area contributed by atoms with Crippen molar-refractivity contribution in [2.75, 3.05) is 18.5 Å². The number of anilines is 1.